The van der Waals surface area contributed by atoms with E-state index in [9.17, 15) is 5.11 Å². The van der Waals surface area contributed by atoms with Crippen LogP contribution in [0.2, 0.25) is 0 Å². The molecule has 0 unspecified atom stereocenters. The predicted molar refractivity (Wildman–Crippen MR) is 58.7 cm³/mol. The van der Waals surface area contributed by atoms with Crippen molar-refractivity contribution < 1.29 is 14.6 Å². The normalized spacial score (nSPS) is 19.2. The second-order valence-electron chi connectivity index (χ2n) is 4.05. The summed E-state index contributed by atoms with van der Waals surface area (Å²) in [6.07, 6.45) is 2.77. The number of hydrogen-bond acceptors (Lipinski definition) is 4. The lowest BCUT2D eigenvalue weighted by Gasteiger charge is -2.37. The van der Waals surface area contributed by atoms with E-state index in [1.807, 2.05) is 13.8 Å². The smallest absolute Gasteiger partial charge is 0.169 e. The topological polar surface area (TPSA) is 50.7 Å². The summed E-state index contributed by atoms with van der Waals surface area (Å²) in [6, 6.07) is 0. The van der Waals surface area contributed by atoms with Crippen molar-refractivity contribution in [3.8, 4) is 0 Å². The summed E-state index contributed by atoms with van der Waals surface area (Å²) in [5.41, 5.74) is -0.469. The largest absolute Gasteiger partial charge is 0.389 e. The van der Waals surface area contributed by atoms with Gasteiger partial charge in [-0.3, -0.25) is 0 Å². The van der Waals surface area contributed by atoms with Gasteiger partial charge in [-0.1, -0.05) is 0 Å². The molecule has 0 bridgehead atoms. The van der Waals surface area contributed by atoms with Gasteiger partial charge in [-0.25, -0.2) is 0 Å². The number of rotatable bonds is 8. The summed E-state index contributed by atoms with van der Waals surface area (Å²) in [7, 11) is 0. The molecule has 0 radical (unpaired) electrons. The molecule has 1 aliphatic carbocycles. The van der Waals surface area contributed by atoms with Gasteiger partial charge in [0.2, 0.25) is 0 Å². The van der Waals surface area contributed by atoms with Gasteiger partial charge in [0, 0.05) is 26.3 Å². The lowest BCUT2D eigenvalue weighted by atomic mass is 9.80. The zero-order chi connectivity index (χ0) is 11.1. The van der Waals surface area contributed by atoms with Crippen molar-refractivity contribution in [3.05, 3.63) is 0 Å². The van der Waals surface area contributed by atoms with Crippen LogP contribution in [0, 0.1) is 0 Å². The van der Waals surface area contributed by atoms with Crippen LogP contribution < -0.4 is 5.32 Å². The van der Waals surface area contributed by atoms with Crippen molar-refractivity contribution in [2.24, 2.45) is 0 Å². The van der Waals surface area contributed by atoms with Crippen LogP contribution in [0.1, 0.15) is 33.1 Å². The molecule has 0 spiro atoms. The third-order valence-electron chi connectivity index (χ3n) is 2.75. The average Bonchev–Trinajstić information content (AvgIpc) is 2.16. The molecule has 0 amide bonds. The lowest BCUT2D eigenvalue weighted by Crippen LogP contribution is -2.48. The summed E-state index contributed by atoms with van der Waals surface area (Å²) < 4.78 is 10.8. The minimum absolute atomic E-state index is 0.191. The zero-order valence-corrected chi connectivity index (χ0v) is 9.79. The van der Waals surface area contributed by atoms with Gasteiger partial charge >= 0.3 is 0 Å². The lowest BCUT2D eigenvalue weighted by molar-refractivity contribution is -0.135. The Morgan fingerprint density at radius 2 is 1.87 bits per heavy atom. The molecule has 0 aromatic heterocycles. The molecule has 0 aliphatic heterocycles. The van der Waals surface area contributed by atoms with E-state index in [1.54, 1.807) is 0 Å². The van der Waals surface area contributed by atoms with E-state index in [0.717, 1.165) is 19.3 Å². The van der Waals surface area contributed by atoms with Crippen LogP contribution in [-0.4, -0.2) is 43.3 Å². The molecule has 1 rings (SSSR count). The molecule has 4 heteroatoms. The van der Waals surface area contributed by atoms with Gasteiger partial charge in [0.05, 0.1) is 5.60 Å². The number of hydrogen-bond donors (Lipinski definition) is 2. The predicted octanol–water partition coefficient (Wildman–Crippen LogP) is 0.890. The molecule has 1 saturated carbocycles. The van der Waals surface area contributed by atoms with Crippen LogP contribution >= 0.6 is 0 Å². The van der Waals surface area contributed by atoms with Crippen molar-refractivity contribution in [1.29, 1.82) is 0 Å². The molecular weight excluding hydrogens is 194 g/mol. The molecule has 4 nitrogen and oxygen atoms in total. The van der Waals surface area contributed by atoms with Gasteiger partial charge < -0.3 is 19.9 Å². The highest BCUT2D eigenvalue weighted by Gasteiger charge is 2.33. The van der Waals surface area contributed by atoms with Crippen LogP contribution in [0.15, 0.2) is 0 Å². The molecule has 2 N–H and O–H groups in total. The van der Waals surface area contributed by atoms with E-state index in [4.69, 9.17) is 9.47 Å². The molecule has 15 heavy (non-hydrogen) atoms. The van der Waals surface area contributed by atoms with Crippen molar-refractivity contribution in [1.82, 2.24) is 5.32 Å². The van der Waals surface area contributed by atoms with Crippen molar-refractivity contribution >= 4 is 0 Å². The monoisotopic (exact) mass is 217 g/mol. The Bertz CT molecular complexity index is 165. The standard InChI is InChI=1S/C11H23NO3/c1-3-14-10(15-4-2)8-12-9-11(13)6-5-7-11/h10,12-13H,3-9H2,1-2H3. The van der Waals surface area contributed by atoms with Crippen LogP contribution in [0.3, 0.4) is 0 Å². The third kappa shape index (κ3) is 4.47. The van der Waals surface area contributed by atoms with Crippen molar-refractivity contribution in [2.45, 2.75) is 45.0 Å². The number of aliphatic hydroxyl groups is 1. The van der Waals surface area contributed by atoms with Gasteiger partial charge in [-0.15, -0.1) is 0 Å². The maximum absolute atomic E-state index is 9.84. The van der Waals surface area contributed by atoms with Crippen LogP contribution in [0.25, 0.3) is 0 Å². The maximum Gasteiger partial charge on any atom is 0.169 e. The highest BCUT2D eigenvalue weighted by molar-refractivity contribution is 4.89. The van der Waals surface area contributed by atoms with E-state index in [0.29, 0.717) is 26.3 Å². The fraction of sp³-hybridized carbons (Fsp3) is 1.00. The molecule has 1 aliphatic rings. The first-order valence-electron chi connectivity index (χ1n) is 5.86. The first-order chi connectivity index (χ1) is 7.20. The summed E-state index contributed by atoms with van der Waals surface area (Å²) in [4.78, 5) is 0. The van der Waals surface area contributed by atoms with Gasteiger partial charge in [0.1, 0.15) is 0 Å². The van der Waals surface area contributed by atoms with E-state index in [-0.39, 0.29) is 6.29 Å². The third-order valence-corrected chi connectivity index (χ3v) is 2.75. The molecule has 0 atom stereocenters. The molecule has 0 heterocycles. The Hall–Kier alpha value is -0.160. The highest BCUT2D eigenvalue weighted by atomic mass is 16.7. The summed E-state index contributed by atoms with van der Waals surface area (Å²) in [5, 5.41) is 13.0. The average molecular weight is 217 g/mol. The fourth-order valence-corrected chi connectivity index (χ4v) is 1.72. The molecule has 0 aromatic rings. The van der Waals surface area contributed by atoms with Crippen LogP contribution in [0.5, 0.6) is 0 Å². The minimum atomic E-state index is -0.469. The van der Waals surface area contributed by atoms with Crippen molar-refractivity contribution in [2.75, 3.05) is 26.3 Å². The SMILES string of the molecule is CCOC(CNCC1(O)CCC1)OCC. The van der Waals surface area contributed by atoms with Gasteiger partial charge in [-0.05, 0) is 33.1 Å². The zero-order valence-electron chi connectivity index (χ0n) is 9.79. The van der Waals surface area contributed by atoms with Gasteiger partial charge in [0.15, 0.2) is 6.29 Å². The maximum atomic E-state index is 9.84. The second-order valence-corrected chi connectivity index (χ2v) is 4.05. The molecular formula is C11H23NO3. The first kappa shape index (κ1) is 12.9. The van der Waals surface area contributed by atoms with Gasteiger partial charge in [-0.2, -0.15) is 0 Å². The summed E-state index contributed by atoms with van der Waals surface area (Å²) in [5.74, 6) is 0. The Labute approximate surface area is 92.0 Å². The van der Waals surface area contributed by atoms with Crippen LogP contribution in [-0.2, 0) is 9.47 Å². The first-order valence-corrected chi connectivity index (χ1v) is 5.86. The fourth-order valence-electron chi connectivity index (χ4n) is 1.72. The molecule has 1 fully saturated rings. The van der Waals surface area contributed by atoms with E-state index in [2.05, 4.69) is 5.32 Å². The van der Waals surface area contributed by atoms with Crippen molar-refractivity contribution in [3.63, 3.8) is 0 Å². The Morgan fingerprint density at radius 1 is 1.27 bits per heavy atom. The quantitative estimate of drug-likeness (QED) is 0.593. The molecule has 0 saturated heterocycles. The van der Waals surface area contributed by atoms with Crippen LogP contribution in [0.4, 0.5) is 0 Å². The molecule has 0 aromatic carbocycles. The number of ether oxygens (including phenoxy) is 2. The molecule has 90 valence electrons. The van der Waals surface area contributed by atoms with E-state index in [1.165, 1.54) is 0 Å². The number of nitrogens with one attached hydrogen (secondary N) is 1. The Balaban J connectivity index is 2.09. The minimum Gasteiger partial charge on any atom is -0.389 e. The summed E-state index contributed by atoms with van der Waals surface area (Å²) >= 11 is 0. The van der Waals surface area contributed by atoms with E-state index >= 15 is 0 Å². The highest BCUT2D eigenvalue weighted by Crippen LogP contribution is 2.30. The summed E-state index contributed by atoms with van der Waals surface area (Å²) in [6.45, 7) is 6.48. The Morgan fingerprint density at radius 3 is 2.27 bits per heavy atom. The Kier molecular flexibility index (Phi) is 5.53. The van der Waals surface area contributed by atoms with Gasteiger partial charge in [0.25, 0.3) is 0 Å². The van der Waals surface area contributed by atoms with E-state index < -0.39 is 5.60 Å². The second kappa shape index (κ2) is 6.43.